The molecule has 4 heteroatoms. The van der Waals surface area contributed by atoms with Crippen molar-refractivity contribution in [2.75, 3.05) is 0 Å². The first kappa shape index (κ1) is 12.3. The maximum Gasteiger partial charge on any atom is 0.162 e. The summed E-state index contributed by atoms with van der Waals surface area (Å²) in [5.74, 6) is 0.572. The maximum atomic E-state index is 6.02. The smallest absolute Gasteiger partial charge is 0.162 e. The summed E-state index contributed by atoms with van der Waals surface area (Å²) in [4.78, 5) is 8.53. The summed E-state index contributed by atoms with van der Waals surface area (Å²) < 4.78 is 0. The van der Waals surface area contributed by atoms with Gasteiger partial charge >= 0.3 is 0 Å². The number of benzene rings is 1. The normalized spacial score (nSPS) is 10.6. The fraction of sp³-hybridized carbons (Fsp3) is 0.231. The molecule has 2 aromatic rings. The van der Waals surface area contributed by atoms with Gasteiger partial charge in [-0.25, -0.2) is 9.97 Å². The van der Waals surface area contributed by atoms with Crippen LogP contribution in [0.15, 0.2) is 18.2 Å². The number of hydrogen-bond donors (Lipinski definition) is 0. The highest BCUT2D eigenvalue weighted by atomic mass is 35.5. The van der Waals surface area contributed by atoms with Crippen molar-refractivity contribution in [1.29, 1.82) is 0 Å². The van der Waals surface area contributed by atoms with Crippen molar-refractivity contribution in [3.8, 4) is 11.4 Å². The third-order valence-electron chi connectivity index (χ3n) is 2.65. The van der Waals surface area contributed by atoms with Gasteiger partial charge in [-0.15, -0.1) is 0 Å². The molecule has 0 atom stereocenters. The van der Waals surface area contributed by atoms with Crippen LogP contribution in [0.2, 0.25) is 10.3 Å². The van der Waals surface area contributed by atoms with Gasteiger partial charge in [0, 0.05) is 11.1 Å². The molecule has 1 heterocycles. The van der Waals surface area contributed by atoms with Crippen LogP contribution in [-0.4, -0.2) is 9.97 Å². The molecule has 0 N–H and O–H groups in total. The third-order valence-corrected chi connectivity index (χ3v) is 3.39. The zero-order valence-corrected chi connectivity index (χ0v) is 11.4. The summed E-state index contributed by atoms with van der Waals surface area (Å²) in [7, 11) is 0. The van der Waals surface area contributed by atoms with Crippen LogP contribution in [0.3, 0.4) is 0 Å². The van der Waals surface area contributed by atoms with Crippen molar-refractivity contribution in [2.24, 2.45) is 0 Å². The Hall–Kier alpha value is -1.12. The van der Waals surface area contributed by atoms with Gasteiger partial charge in [-0.2, -0.15) is 0 Å². The zero-order chi connectivity index (χ0) is 12.6. The van der Waals surface area contributed by atoms with E-state index in [4.69, 9.17) is 23.2 Å². The molecule has 0 bridgehead atoms. The van der Waals surface area contributed by atoms with Crippen LogP contribution < -0.4 is 0 Å². The predicted octanol–water partition coefficient (Wildman–Crippen LogP) is 4.38. The van der Waals surface area contributed by atoms with Gasteiger partial charge in [0.05, 0.1) is 0 Å². The summed E-state index contributed by atoms with van der Waals surface area (Å²) in [5.41, 5.74) is 3.98. The quantitative estimate of drug-likeness (QED) is 0.717. The number of rotatable bonds is 1. The Kier molecular flexibility index (Phi) is 3.36. The molecule has 0 amide bonds. The monoisotopic (exact) mass is 266 g/mol. The van der Waals surface area contributed by atoms with Gasteiger partial charge in [0.15, 0.2) is 5.82 Å². The fourth-order valence-corrected chi connectivity index (χ4v) is 2.04. The number of aryl methyl sites for hydroxylation is 2. The zero-order valence-electron chi connectivity index (χ0n) is 9.88. The maximum absolute atomic E-state index is 6.02. The number of aromatic nitrogens is 2. The minimum atomic E-state index is 0.403. The SMILES string of the molecule is Cc1ccc(-c2nc(Cl)c(C)c(Cl)n2)c(C)c1. The molecule has 1 aromatic heterocycles. The number of halogens is 2. The fourth-order valence-electron chi connectivity index (χ4n) is 1.65. The summed E-state index contributed by atoms with van der Waals surface area (Å²) in [6, 6.07) is 6.09. The summed E-state index contributed by atoms with van der Waals surface area (Å²) in [5, 5.41) is 0.806. The largest absolute Gasteiger partial charge is 0.216 e. The van der Waals surface area contributed by atoms with Crippen LogP contribution in [0.4, 0.5) is 0 Å². The lowest BCUT2D eigenvalue weighted by Crippen LogP contribution is -1.95. The van der Waals surface area contributed by atoms with E-state index >= 15 is 0 Å². The van der Waals surface area contributed by atoms with Gasteiger partial charge in [-0.3, -0.25) is 0 Å². The summed E-state index contributed by atoms with van der Waals surface area (Å²) in [6.45, 7) is 5.87. The predicted molar refractivity (Wildman–Crippen MR) is 71.7 cm³/mol. The Labute approximate surface area is 111 Å². The molecule has 0 aliphatic heterocycles. The molecule has 0 aliphatic carbocycles. The minimum absolute atomic E-state index is 0.403. The lowest BCUT2D eigenvalue weighted by Gasteiger charge is -2.08. The molecule has 2 rings (SSSR count). The molecule has 0 unspecified atom stereocenters. The van der Waals surface area contributed by atoms with Gasteiger partial charge in [-0.1, -0.05) is 47.0 Å². The molecule has 2 nitrogen and oxygen atoms in total. The van der Waals surface area contributed by atoms with E-state index in [1.165, 1.54) is 5.56 Å². The molecule has 88 valence electrons. The lowest BCUT2D eigenvalue weighted by molar-refractivity contribution is 1.13. The molecular weight excluding hydrogens is 255 g/mol. The van der Waals surface area contributed by atoms with Crippen LogP contribution in [0.5, 0.6) is 0 Å². The van der Waals surface area contributed by atoms with Crippen molar-refractivity contribution in [3.63, 3.8) is 0 Å². The van der Waals surface area contributed by atoms with Crippen molar-refractivity contribution >= 4 is 23.2 Å². The third kappa shape index (κ3) is 2.43. The summed E-state index contributed by atoms with van der Waals surface area (Å²) >= 11 is 12.0. The average molecular weight is 267 g/mol. The summed E-state index contributed by atoms with van der Waals surface area (Å²) in [6.07, 6.45) is 0. The molecule has 0 radical (unpaired) electrons. The molecule has 0 spiro atoms. The van der Waals surface area contributed by atoms with Gasteiger partial charge in [0.25, 0.3) is 0 Å². The Morgan fingerprint density at radius 2 is 1.53 bits per heavy atom. The van der Waals surface area contributed by atoms with Gasteiger partial charge in [0.1, 0.15) is 10.3 Å². The second-order valence-electron chi connectivity index (χ2n) is 4.07. The van der Waals surface area contributed by atoms with E-state index in [-0.39, 0.29) is 0 Å². The topological polar surface area (TPSA) is 25.8 Å². The number of nitrogens with zero attached hydrogens (tertiary/aromatic N) is 2. The highest BCUT2D eigenvalue weighted by Crippen LogP contribution is 2.26. The van der Waals surface area contributed by atoms with Crippen LogP contribution in [0.25, 0.3) is 11.4 Å². The van der Waals surface area contributed by atoms with E-state index in [2.05, 4.69) is 16.0 Å². The molecule has 1 aromatic carbocycles. The molecule has 17 heavy (non-hydrogen) atoms. The lowest BCUT2D eigenvalue weighted by atomic mass is 10.1. The van der Waals surface area contributed by atoms with E-state index in [1.807, 2.05) is 26.0 Å². The standard InChI is InChI=1S/C13H12Cl2N2/c1-7-4-5-10(8(2)6-7)13-16-11(14)9(3)12(15)17-13/h4-6H,1-3H3. The van der Waals surface area contributed by atoms with Crippen LogP contribution in [0, 0.1) is 20.8 Å². The van der Waals surface area contributed by atoms with Crippen molar-refractivity contribution in [2.45, 2.75) is 20.8 Å². The van der Waals surface area contributed by atoms with E-state index < -0.39 is 0 Å². The van der Waals surface area contributed by atoms with E-state index in [1.54, 1.807) is 6.92 Å². The van der Waals surface area contributed by atoms with Gasteiger partial charge in [0.2, 0.25) is 0 Å². The highest BCUT2D eigenvalue weighted by molar-refractivity contribution is 6.34. The van der Waals surface area contributed by atoms with Crippen molar-refractivity contribution in [3.05, 3.63) is 45.2 Å². The average Bonchev–Trinajstić information content (AvgIpc) is 2.25. The van der Waals surface area contributed by atoms with Crippen LogP contribution in [-0.2, 0) is 0 Å². The minimum Gasteiger partial charge on any atom is -0.216 e. The van der Waals surface area contributed by atoms with Crippen LogP contribution in [0.1, 0.15) is 16.7 Å². The Bertz CT molecular complexity index is 557. The second kappa shape index (κ2) is 4.63. The molecule has 0 aliphatic rings. The van der Waals surface area contributed by atoms with E-state index in [9.17, 15) is 0 Å². The molecule has 0 saturated carbocycles. The van der Waals surface area contributed by atoms with Crippen molar-refractivity contribution < 1.29 is 0 Å². The van der Waals surface area contributed by atoms with E-state index in [0.717, 1.165) is 11.1 Å². The first-order chi connectivity index (χ1) is 7.99. The first-order valence-corrected chi connectivity index (χ1v) is 6.02. The van der Waals surface area contributed by atoms with Gasteiger partial charge < -0.3 is 0 Å². The highest BCUT2D eigenvalue weighted by Gasteiger charge is 2.10. The Morgan fingerprint density at radius 3 is 2.06 bits per heavy atom. The van der Waals surface area contributed by atoms with Gasteiger partial charge in [-0.05, 0) is 26.3 Å². The van der Waals surface area contributed by atoms with E-state index in [0.29, 0.717) is 21.7 Å². The number of hydrogen-bond acceptors (Lipinski definition) is 2. The molecular formula is C13H12Cl2N2. The first-order valence-electron chi connectivity index (χ1n) is 5.26. The molecule has 0 fully saturated rings. The van der Waals surface area contributed by atoms with Crippen molar-refractivity contribution in [1.82, 2.24) is 9.97 Å². The van der Waals surface area contributed by atoms with Crippen LogP contribution >= 0.6 is 23.2 Å². The Balaban J connectivity index is 2.61. The second-order valence-corrected chi connectivity index (χ2v) is 4.79. The molecule has 0 saturated heterocycles. The Morgan fingerprint density at radius 1 is 0.941 bits per heavy atom.